The van der Waals surface area contributed by atoms with Crippen LogP contribution in [0.1, 0.15) is 43.1 Å². The molecule has 2 heterocycles. The number of aryl methyl sites for hydroxylation is 1. The molecule has 3 rings (SSSR count). The van der Waals surface area contributed by atoms with E-state index in [-0.39, 0.29) is 23.8 Å². The molecular formula is C19H23N3O4. The molecule has 26 heavy (non-hydrogen) atoms. The van der Waals surface area contributed by atoms with E-state index in [1.54, 1.807) is 29.2 Å². The fourth-order valence-electron chi connectivity index (χ4n) is 3.18. The van der Waals surface area contributed by atoms with Crippen molar-refractivity contribution in [1.29, 1.82) is 0 Å². The van der Waals surface area contributed by atoms with Crippen molar-refractivity contribution in [2.24, 2.45) is 0 Å². The quantitative estimate of drug-likeness (QED) is 0.764. The van der Waals surface area contributed by atoms with Crippen LogP contribution in [0, 0.1) is 0 Å². The van der Waals surface area contributed by atoms with Crippen LogP contribution in [-0.2, 0) is 16.1 Å². The first-order chi connectivity index (χ1) is 12.6. The molecule has 1 fully saturated rings. The molecule has 0 atom stereocenters. The Hall–Kier alpha value is -2.70. The van der Waals surface area contributed by atoms with E-state index in [1.165, 1.54) is 4.68 Å². The van der Waals surface area contributed by atoms with Crippen molar-refractivity contribution < 1.29 is 14.3 Å². The van der Waals surface area contributed by atoms with Crippen molar-refractivity contribution in [2.75, 3.05) is 19.7 Å². The normalized spacial score (nSPS) is 14.4. The number of nitrogens with zero attached hydrogens (tertiary/aromatic N) is 3. The molecule has 1 aromatic heterocycles. The van der Waals surface area contributed by atoms with E-state index in [4.69, 9.17) is 4.74 Å². The molecule has 0 spiro atoms. The van der Waals surface area contributed by atoms with Crippen molar-refractivity contribution in [3.8, 4) is 0 Å². The van der Waals surface area contributed by atoms with Gasteiger partial charge in [-0.25, -0.2) is 9.48 Å². The summed E-state index contributed by atoms with van der Waals surface area (Å²) in [6.07, 6.45) is 3.80. The molecule has 1 amide bonds. The van der Waals surface area contributed by atoms with Gasteiger partial charge in [0, 0.05) is 25.0 Å². The third-order valence-electron chi connectivity index (χ3n) is 4.53. The van der Waals surface area contributed by atoms with Gasteiger partial charge in [0.25, 0.3) is 11.5 Å². The lowest BCUT2D eigenvalue weighted by Crippen LogP contribution is -2.38. The molecular weight excluding hydrogens is 334 g/mol. The van der Waals surface area contributed by atoms with Crippen LogP contribution in [0.3, 0.4) is 0 Å². The number of likely N-dealkylation sites (tertiary alicyclic amines) is 1. The molecule has 1 aliphatic rings. The number of aromatic nitrogens is 2. The summed E-state index contributed by atoms with van der Waals surface area (Å²) in [6.45, 7) is 3.45. The number of carbonyl (C=O) groups is 2. The summed E-state index contributed by atoms with van der Waals surface area (Å²) in [5, 5.41) is 5.05. The molecule has 7 heteroatoms. The zero-order valence-corrected chi connectivity index (χ0v) is 14.9. The smallest absolute Gasteiger partial charge is 0.359 e. The first-order valence-electron chi connectivity index (χ1n) is 9.06. The maximum absolute atomic E-state index is 12.5. The van der Waals surface area contributed by atoms with Crippen molar-refractivity contribution in [3.63, 3.8) is 0 Å². The van der Waals surface area contributed by atoms with Crippen LogP contribution >= 0.6 is 0 Å². The summed E-state index contributed by atoms with van der Waals surface area (Å²) >= 11 is 0. The second kappa shape index (κ2) is 8.12. The zero-order chi connectivity index (χ0) is 18.5. The number of ether oxygens (including phenoxy) is 1. The minimum Gasteiger partial charge on any atom is -0.451 e. The van der Waals surface area contributed by atoms with E-state index < -0.39 is 5.97 Å². The minimum absolute atomic E-state index is 0.0695. The third-order valence-corrected chi connectivity index (χ3v) is 4.53. The van der Waals surface area contributed by atoms with Crippen molar-refractivity contribution in [3.05, 3.63) is 40.3 Å². The van der Waals surface area contributed by atoms with Crippen molar-refractivity contribution >= 4 is 22.6 Å². The van der Waals surface area contributed by atoms with Crippen LogP contribution in [0.5, 0.6) is 0 Å². The van der Waals surface area contributed by atoms with Gasteiger partial charge in [-0.3, -0.25) is 9.59 Å². The summed E-state index contributed by atoms with van der Waals surface area (Å²) in [6, 6.07) is 6.82. The minimum atomic E-state index is -0.684. The van der Waals surface area contributed by atoms with Crippen LogP contribution < -0.4 is 5.56 Å². The summed E-state index contributed by atoms with van der Waals surface area (Å²) in [5.74, 6) is -0.874. The number of piperidine rings is 1. The fraction of sp³-hybridized carbons (Fsp3) is 0.474. The van der Waals surface area contributed by atoms with Gasteiger partial charge in [-0.05, 0) is 31.7 Å². The number of fused-ring (bicyclic) bond motifs is 1. The number of hydrogen-bond acceptors (Lipinski definition) is 5. The monoisotopic (exact) mass is 357 g/mol. The van der Waals surface area contributed by atoms with Crippen molar-refractivity contribution in [2.45, 2.75) is 39.2 Å². The maximum atomic E-state index is 12.5. The Morgan fingerprint density at radius 2 is 1.81 bits per heavy atom. The second-order valence-corrected chi connectivity index (χ2v) is 6.44. The number of amides is 1. The predicted molar refractivity (Wildman–Crippen MR) is 97.0 cm³/mol. The van der Waals surface area contributed by atoms with Crippen LogP contribution in [0.2, 0.25) is 0 Å². The number of hydrogen-bond donors (Lipinski definition) is 0. The first kappa shape index (κ1) is 18.1. The lowest BCUT2D eigenvalue weighted by atomic mass is 10.1. The summed E-state index contributed by atoms with van der Waals surface area (Å²) < 4.78 is 6.50. The molecule has 1 saturated heterocycles. The van der Waals surface area contributed by atoms with Gasteiger partial charge in [0.1, 0.15) is 0 Å². The highest BCUT2D eigenvalue weighted by atomic mass is 16.5. The van der Waals surface area contributed by atoms with Gasteiger partial charge in [0.15, 0.2) is 12.3 Å². The Morgan fingerprint density at radius 3 is 2.50 bits per heavy atom. The Balaban J connectivity index is 1.82. The molecule has 2 aromatic rings. The molecule has 0 saturated carbocycles. The highest BCUT2D eigenvalue weighted by Crippen LogP contribution is 2.15. The summed E-state index contributed by atoms with van der Waals surface area (Å²) in [7, 11) is 0. The number of carbonyl (C=O) groups excluding carboxylic acids is 2. The van der Waals surface area contributed by atoms with Gasteiger partial charge in [0.05, 0.1) is 5.39 Å². The Bertz CT molecular complexity index is 869. The average molecular weight is 357 g/mol. The van der Waals surface area contributed by atoms with E-state index in [0.717, 1.165) is 19.3 Å². The van der Waals surface area contributed by atoms with Crippen molar-refractivity contribution in [1.82, 2.24) is 14.7 Å². The highest BCUT2D eigenvalue weighted by Gasteiger charge is 2.21. The van der Waals surface area contributed by atoms with E-state index in [2.05, 4.69) is 5.10 Å². The topological polar surface area (TPSA) is 81.5 Å². The Labute approximate surface area is 151 Å². The zero-order valence-electron chi connectivity index (χ0n) is 14.9. The molecule has 0 unspecified atom stereocenters. The van der Waals surface area contributed by atoms with E-state index in [9.17, 15) is 14.4 Å². The molecule has 138 valence electrons. The number of benzene rings is 1. The molecule has 0 N–H and O–H groups in total. The highest BCUT2D eigenvalue weighted by molar-refractivity contribution is 6.02. The van der Waals surface area contributed by atoms with Gasteiger partial charge in [-0.2, -0.15) is 5.10 Å². The van der Waals surface area contributed by atoms with Crippen LogP contribution in [0.4, 0.5) is 0 Å². The molecule has 1 aromatic carbocycles. The van der Waals surface area contributed by atoms with Gasteiger partial charge in [-0.15, -0.1) is 0 Å². The second-order valence-electron chi connectivity index (χ2n) is 6.44. The Kier molecular flexibility index (Phi) is 5.65. The number of esters is 1. The average Bonchev–Trinajstić information content (AvgIpc) is 2.69. The molecule has 0 radical (unpaired) electrons. The Morgan fingerprint density at radius 1 is 1.12 bits per heavy atom. The van der Waals surface area contributed by atoms with Gasteiger partial charge >= 0.3 is 5.97 Å². The predicted octanol–water partition coefficient (Wildman–Crippen LogP) is 1.98. The van der Waals surface area contributed by atoms with Crippen LogP contribution in [0.25, 0.3) is 10.8 Å². The molecule has 0 aliphatic carbocycles. The maximum Gasteiger partial charge on any atom is 0.359 e. The number of rotatable bonds is 5. The summed E-state index contributed by atoms with van der Waals surface area (Å²) in [5.41, 5.74) is -0.163. The largest absolute Gasteiger partial charge is 0.451 e. The first-order valence-corrected chi connectivity index (χ1v) is 9.06. The standard InChI is InChI=1S/C19H23N3O4/c1-2-10-22-18(24)15-9-5-4-8-14(15)17(20-22)19(25)26-13-16(23)21-11-6-3-7-12-21/h4-5,8-9H,2-3,6-7,10-13H2,1H3. The fourth-order valence-corrected chi connectivity index (χ4v) is 3.18. The third kappa shape index (κ3) is 3.76. The van der Waals surface area contributed by atoms with Crippen LogP contribution in [-0.4, -0.2) is 46.3 Å². The van der Waals surface area contributed by atoms with Gasteiger partial charge in [-0.1, -0.05) is 25.1 Å². The van der Waals surface area contributed by atoms with E-state index in [1.807, 2.05) is 6.92 Å². The lowest BCUT2D eigenvalue weighted by Gasteiger charge is -2.26. The van der Waals surface area contributed by atoms with Crippen LogP contribution in [0.15, 0.2) is 29.1 Å². The van der Waals surface area contributed by atoms with Gasteiger partial charge < -0.3 is 9.64 Å². The molecule has 7 nitrogen and oxygen atoms in total. The summed E-state index contributed by atoms with van der Waals surface area (Å²) in [4.78, 5) is 38.9. The molecule has 0 bridgehead atoms. The SMILES string of the molecule is CCCn1nc(C(=O)OCC(=O)N2CCCCC2)c2ccccc2c1=O. The lowest BCUT2D eigenvalue weighted by molar-refractivity contribution is -0.135. The van der Waals surface area contributed by atoms with Gasteiger partial charge in [0.2, 0.25) is 0 Å². The van der Waals surface area contributed by atoms with E-state index in [0.29, 0.717) is 36.8 Å². The van der Waals surface area contributed by atoms with E-state index >= 15 is 0 Å². The molecule has 1 aliphatic heterocycles.